The molecule has 2 aliphatic rings. The number of aromatic nitrogens is 1. The van der Waals surface area contributed by atoms with Gasteiger partial charge in [-0.3, -0.25) is 9.59 Å². The molecule has 1 aromatic heterocycles. The summed E-state index contributed by atoms with van der Waals surface area (Å²) >= 11 is 1.44. The van der Waals surface area contributed by atoms with Gasteiger partial charge < -0.3 is 20.3 Å². The van der Waals surface area contributed by atoms with Gasteiger partial charge in [-0.25, -0.2) is 16.3 Å². The molecule has 0 radical (unpaired) electrons. The first kappa shape index (κ1) is 21.2. The first-order chi connectivity index (χ1) is 12.1. The maximum atomic E-state index is 12.8. The van der Waals surface area contributed by atoms with Crippen LogP contribution in [0.1, 0.15) is 31.9 Å². The molecular formula is C16H21N4O4SY+2. The molecule has 3 heterocycles. The van der Waals surface area contributed by atoms with Gasteiger partial charge in [-0.2, -0.15) is 6.42 Å². The third-order valence-corrected chi connectivity index (χ3v) is 4.97. The van der Waals surface area contributed by atoms with Gasteiger partial charge in [0.05, 0.1) is 11.2 Å². The van der Waals surface area contributed by atoms with Gasteiger partial charge in [0.25, 0.3) is 0 Å². The van der Waals surface area contributed by atoms with Crippen molar-refractivity contribution in [2.75, 3.05) is 6.54 Å². The number of likely N-dealkylation sites (tertiary alicyclic amines) is 1. The standard InChI is InChI=1S/C16H21N4O4S.Y/c1-2-12-13(19-16(23)24-12)14(21)18-11(7-10-8-25-9-17-10)15(22)20-5-3-4-6-20;/h5,8-9,11-13H,2-4,6-7H2,1H3,(H,18,21)(H,19,23);/q-1;+3. The fourth-order valence-corrected chi connectivity index (χ4v) is 3.59. The molecule has 3 rings (SSSR count). The summed E-state index contributed by atoms with van der Waals surface area (Å²) in [6.07, 6.45) is 1.47. The summed E-state index contributed by atoms with van der Waals surface area (Å²) in [4.78, 5) is 42.7. The third kappa shape index (κ3) is 5.01. The summed E-state index contributed by atoms with van der Waals surface area (Å²) in [5, 5.41) is 7.14. The van der Waals surface area contributed by atoms with E-state index in [1.807, 2.05) is 18.8 Å². The van der Waals surface area contributed by atoms with E-state index >= 15 is 0 Å². The normalized spacial score (nSPS) is 23.0. The van der Waals surface area contributed by atoms with Crippen molar-refractivity contribution in [3.05, 3.63) is 23.1 Å². The van der Waals surface area contributed by atoms with E-state index in [0.717, 1.165) is 18.5 Å². The number of amides is 3. The largest absolute Gasteiger partial charge is 3.00 e. The van der Waals surface area contributed by atoms with Crippen LogP contribution in [-0.2, 0) is 53.5 Å². The van der Waals surface area contributed by atoms with Crippen molar-refractivity contribution in [3.8, 4) is 0 Å². The van der Waals surface area contributed by atoms with Gasteiger partial charge in [-0.05, 0) is 13.0 Å². The summed E-state index contributed by atoms with van der Waals surface area (Å²) in [6.45, 7) is 4.35. The third-order valence-electron chi connectivity index (χ3n) is 4.34. The van der Waals surface area contributed by atoms with Crippen molar-refractivity contribution in [3.63, 3.8) is 0 Å². The average Bonchev–Trinajstić information content (AvgIpc) is 3.34. The topological polar surface area (TPSA) is 101 Å². The quantitative estimate of drug-likeness (QED) is 0.621. The minimum absolute atomic E-state index is 0. The molecule has 2 aliphatic heterocycles. The molecule has 0 spiro atoms. The first-order valence-electron chi connectivity index (χ1n) is 8.37. The molecule has 1 aromatic rings. The van der Waals surface area contributed by atoms with Crippen LogP contribution in [0.3, 0.4) is 0 Å². The number of nitrogens with zero attached hydrogens (tertiary/aromatic N) is 2. The zero-order valence-electron chi connectivity index (χ0n) is 14.5. The first-order valence-corrected chi connectivity index (χ1v) is 9.31. The van der Waals surface area contributed by atoms with Crippen LogP contribution in [0.2, 0.25) is 0 Å². The van der Waals surface area contributed by atoms with E-state index < -0.39 is 30.2 Å². The second kappa shape index (κ2) is 9.76. The molecule has 26 heavy (non-hydrogen) atoms. The van der Waals surface area contributed by atoms with Crippen LogP contribution < -0.4 is 10.6 Å². The van der Waals surface area contributed by atoms with E-state index in [1.165, 1.54) is 11.3 Å². The van der Waals surface area contributed by atoms with Crippen molar-refractivity contribution < 1.29 is 51.8 Å². The molecule has 3 atom stereocenters. The Bertz CT molecular complexity index is 636. The van der Waals surface area contributed by atoms with Gasteiger partial charge in [0, 0.05) is 11.8 Å². The van der Waals surface area contributed by atoms with Crippen LogP contribution in [-0.4, -0.2) is 52.5 Å². The second-order valence-electron chi connectivity index (χ2n) is 6.08. The van der Waals surface area contributed by atoms with E-state index in [2.05, 4.69) is 15.6 Å². The van der Waals surface area contributed by atoms with Crippen molar-refractivity contribution in [1.82, 2.24) is 20.5 Å². The van der Waals surface area contributed by atoms with Gasteiger partial charge in [-0.15, -0.1) is 11.3 Å². The average molecular weight is 454 g/mol. The fraction of sp³-hybridized carbons (Fsp3) is 0.562. The Kier molecular flexibility index (Phi) is 7.97. The number of cyclic esters (lactones) is 1. The minimum atomic E-state index is -0.786. The van der Waals surface area contributed by atoms with Crippen molar-refractivity contribution >= 4 is 29.2 Å². The number of hydrogen-bond acceptors (Lipinski definition) is 6. The van der Waals surface area contributed by atoms with Crippen LogP contribution in [0.4, 0.5) is 4.79 Å². The Hall–Kier alpha value is -1.06. The van der Waals surface area contributed by atoms with E-state index in [0.29, 0.717) is 19.4 Å². The van der Waals surface area contributed by atoms with Gasteiger partial charge in [0.15, 0.2) is 0 Å². The van der Waals surface area contributed by atoms with E-state index in [9.17, 15) is 14.4 Å². The SMILES string of the molecule is CCC1OC(=O)NC1C(=O)NC(Cc1cscn1)C(=O)N1[CH-]CCC1.[Y+3]. The maximum Gasteiger partial charge on any atom is 3.00 e. The van der Waals surface area contributed by atoms with E-state index in [-0.39, 0.29) is 38.6 Å². The maximum absolute atomic E-state index is 12.8. The predicted octanol–water partition coefficient (Wildman–Crippen LogP) is 0.839. The van der Waals surface area contributed by atoms with Gasteiger partial charge in [0.2, 0.25) is 11.8 Å². The van der Waals surface area contributed by atoms with Crippen LogP contribution in [0.25, 0.3) is 0 Å². The molecule has 2 N–H and O–H groups in total. The van der Waals surface area contributed by atoms with E-state index in [4.69, 9.17) is 4.74 Å². The Morgan fingerprint density at radius 1 is 1.58 bits per heavy atom. The van der Waals surface area contributed by atoms with Gasteiger partial charge in [0.1, 0.15) is 18.2 Å². The summed E-state index contributed by atoms with van der Waals surface area (Å²) in [6, 6.07) is -1.51. The summed E-state index contributed by atoms with van der Waals surface area (Å²) in [5.41, 5.74) is 2.44. The number of rotatable bonds is 6. The number of ether oxygens (including phenoxy) is 1. The predicted molar refractivity (Wildman–Crippen MR) is 90.5 cm³/mol. The van der Waals surface area contributed by atoms with Crippen molar-refractivity contribution in [2.45, 2.75) is 50.8 Å². The molecule has 10 heteroatoms. The van der Waals surface area contributed by atoms with Crippen LogP contribution >= 0.6 is 11.3 Å². The summed E-state index contributed by atoms with van der Waals surface area (Å²) in [7, 11) is 0. The van der Waals surface area contributed by atoms with Gasteiger partial charge in [-0.1, -0.05) is 13.3 Å². The Morgan fingerprint density at radius 2 is 2.38 bits per heavy atom. The second-order valence-corrected chi connectivity index (χ2v) is 6.79. The zero-order chi connectivity index (χ0) is 17.8. The zero-order valence-corrected chi connectivity index (χ0v) is 18.2. The van der Waals surface area contributed by atoms with Gasteiger partial charge >= 0.3 is 38.8 Å². The minimum Gasteiger partial charge on any atom is -0.491 e. The Morgan fingerprint density at radius 3 is 3.00 bits per heavy atom. The number of hydrogen-bond donors (Lipinski definition) is 2. The fourth-order valence-electron chi connectivity index (χ4n) is 3.02. The molecule has 3 amide bonds. The number of thiazole rings is 1. The molecule has 0 aromatic carbocycles. The molecule has 2 saturated heterocycles. The van der Waals surface area contributed by atoms with Crippen LogP contribution in [0, 0.1) is 6.54 Å². The van der Waals surface area contributed by atoms with Crippen LogP contribution in [0.5, 0.6) is 0 Å². The number of carbonyl (C=O) groups excluding carboxylic acids is 3. The van der Waals surface area contributed by atoms with Crippen molar-refractivity contribution in [2.24, 2.45) is 0 Å². The Balaban J connectivity index is 0.00000243. The molecule has 3 unspecified atom stereocenters. The molecule has 136 valence electrons. The number of alkyl carbamates (subject to hydrolysis) is 1. The monoisotopic (exact) mass is 454 g/mol. The van der Waals surface area contributed by atoms with Crippen LogP contribution in [0.15, 0.2) is 10.9 Å². The molecule has 0 bridgehead atoms. The molecule has 0 saturated carbocycles. The summed E-state index contributed by atoms with van der Waals surface area (Å²) in [5.74, 6) is -0.567. The number of carbonyl (C=O) groups is 3. The van der Waals surface area contributed by atoms with E-state index in [1.54, 1.807) is 10.4 Å². The smallest absolute Gasteiger partial charge is 0.491 e. The van der Waals surface area contributed by atoms with Crippen molar-refractivity contribution in [1.29, 1.82) is 0 Å². The number of nitrogens with one attached hydrogen (secondary N) is 2. The molecular weight excluding hydrogens is 433 g/mol. The summed E-state index contributed by atoms with van der Waals surface area (Å²) < 4.78 is 5.07. The molecule has 0 aliphatic carbocycles. The Labute approximate surface area is 181 Å². The molecule has 8 nitrogen and oxygen atoms in total. The molecule has 2 fully saturated rings.